The van der Waals surface area contributed by atoms with E-state index in [4.69, 9.17) is 22.7 Å². The van der Waals surface area contributed by atoms with Crippen LogP contribution >= 0.6 is 12.2 Å². The van der Waals surface area contributed by atoms with E-state index >= 15 is 0 Å². The van der Waals surface area contributed by atoms with Crippen LogP contribution in [-0.4, -0.2) is 35.7 Å². The Hall–Kier alpha value is -1.73. The molecule has 1 aromatic rings. The third-order valence-corrected chi connectivity index (χ3v) is 2.67. The van der Waals surface area contributed by atoms with Crippen LogP contribution in [0, 0.1) is 0 Å². The Morgan fingerprint density at radius 1 is 1.58 bits per heavy atom. The van der Waals surface area contributed by atoms with E-state index in [1.807, 2.05) is 0 Å². The Kier molecular flexibility index (Phi) is 6.17. The van der Waals surface area contributed by atoms with Crippen LogP contribution in [0.15, 0.2) is 23.1 Å². The smallest absolute Gasteiger partial charge is 0.261 e. The second-order valence-corrected chi connectivity index (χ2v) is 4.36. The zero-order chi connectivity index (χ0) is 14.3. The highest BCUT2D eigenvalue weighted by atomic mass is 32.1. The number of methoxy groups -OCH3 is 1. The van der Waals surface area contributed by atoms with Gasteiger partial charge < -0.3 is 20.4 Å². The van der Waals surface area contributed by atoms with Gasteiger partial charge >= 0.3 is 0 Å². The molecule has 6 nitrogen and oxygen atoms in total. The molecule has 0 saturated heterocycles. The van der Waals surface area contributed by atoms with Crippen molar-refractivity contribution < 1.29 is 9.53 Å². The quantitative estimate of drug-likeness (QED) is 0.527. The fourth-order valence-electron chi connectivity index (χ4n) is 1.50. The number of carbonyl (C=O) groups is 1. The van der Waals surface area contributed by atoms with Crippen LogP contribution in [0.1, 0.15) is 12.0 Å². The summed E-state index contributed by atoms with van der Waals surface area (Å²) in [6, 6.07) is 3.17. The summed E-state index contributed by atoms with van der Waals surface area (Å²) < 4.78 is 6.15. The second kappa shape index (κ2) is 7.65. The van der Waals surface area contributed by atoms with E-state index in [1.54, 1.807) is 13.2 Å². The fourth-order valence-corrected chi connectivity index (χ4v) is 1.66. The molecule has 1 heterocycles. The lowest BCUT2D eigenvalue weighted by molar-refractivity contribution is -0.121. The number of pyridine rings is 1. The topological polar surface area (TPSA) is 86.3 Å². The molecule has 7 heteroatoms. The first kappa shape index (κ1) is 15.3. The minimum atomic E-state index is -0.359. The molecule has 0 bridgehead atoms. The minimum absolute atomic E-state index is 0.0276. The van der Waals surface area contributed by atoms with Crippen molar-refractivity contribution in [1.29, 1.82) is 0 Å². The van der Waals surface area contributed by atoms with Crippen molar-refractivity contribution in [2.24, 2.45) is 5.73 Å². The van der Waals surface area contributed by atoms with E-state index in [0.29, 0.717) is 13.2 Å². The molecule has 1 amide bonds. The molecule has 104 valence electrons. The van der Waals surface area contributed by atoms with Crippen molar-refractivity contribution >= 4 is 23.1 Å². The van der Waals surface area contributed by atoms with Gasteiger partial charge in [0.25, 0.3) is 5.56 Å². The third kappa shape index (κ3) is 4.80. The highest BCUT2D eigenvalue weighted by Crippen LogP contribution is 1.92. The van der Waals surface area contributed by atoms with Crippen molar-refractivity contribution in [1.82, 2.24) is 9.88 Å². The Morgan fingerprint density at radius 3 is 2.95 bits per heavy atom. The molecule has 0 spiro atoms. The van der Waals surface area contributed by atoms with Crippen LogP contribution in [0.3, 0.4) is 0 Å². The number of nitrogens with one attached hydrogen (secondary N) is 1. The Labute approximate surface area is 116 Å². The van der Waals surface area contributed by atoms with Crippen molar-refractivity contribution in [3.05, 3.63) is 34.2 Å². The maximum atomic E-state index is 11.9. The van der Waals surface area contributed by atoms with Crippen LogP contribution in [0.25, 0.3) is 0 Å². The Balaban J connectivity index is 2.62. The summed E-state index contributed by atoms with van der Waals surface area (Å²) in [7, 11) is 1.60. The fraction of sp³-hybridized carbons (Fsp3) is 0.417. The number of ether oxygens (including phenoxy) is 1. The van der Waals surface area contributed by atoms with Gasteiger partial charge in [-0.1, -0.05) is 12.2 Å². The third-order valence-electron chi connectivity index (χ3n) is 2.45. The normalized spacial score (nSPS) is 10.2. The number of thiocarbonyl (C=S) groups is 1. The van der Waals surface area contributed by atoms with Gasteiger partial charge in [0.05, 0.1) is 5.56 Å². The number of hydrogen-bond acceptors (Lipinski definition) is 4. The Morgan fingerprint density at radius 2 is 2.32 bits per heavy atom. The molecule has 19 heavy (non-hydrogen) atoms. The first-order valence-electron chi connectivity index (χ1n) is 5.81. The number of aromatic nitrogens is 1. The van der Waals surface area contributed by atoms with E-state index in [1.165, 1.54) is 16.8 Å². The number of hydrogen-bond donors (Lipinski definition) is 2. The van der Waals surface area contributed by atoms with Crippen molar-refractivity contribution in [2.45, 2.75) is 13.0 Å². The lowest BCUT2D eigenvalue weighted by Gasteiger charge is -2.08. The van der Waals surface area contributed by atoms with Crippen molar-refractivity contribution in [2.75, 3.05) is 20.3 Å². The van der Waals surface area contributed by atoms with Gasteiger partial charge in [0.2, 0.25) is 5.91 Å². The van der Waals surface area contributed by atoms with Crippen molar-refractivity contribution in [3.8, 4) is 0 Å². The van der Waals surface area contributed by atoms with Crippen LogP contribution < -0.4 is 16.6 Å². The largest absolute Gasteiger partial charge is 0.389 e. The lowest BCUT2D eigenvalue weighted by atomic mass is 10.3. The molecule has 0 aliphatic rings. The SMILES string of the molecule is COCCCNC(=O)Cn1cccc(C(N)=S)c1=O. The average Bonchev–Trinajstić information content (AvgIpc) is 2.37. The van der Waals surface area contributed by atoms with E-state index in [0.717, 1.165) is 6.42 Å². The van der Waals surface area contributed by atoms with Crippen molar-refractivity contribution in [3.63, 3.8) is 0 Å². The molecule has 3 N–H and O–H groups in total. The summed E-state index contributed by atoms with van der Waals surface area (Å²) in [6.45, 7) is 1.04. The molecule has 0 saturated carbocycles. The van der Waals surface area contributed by atoms with Gasteiger partial charge in [-0.25, -0.2) is 0 Å². The molecule has 0 radical (unpaired) electrons. The first-order valence-corrected chi connectivity index (χ1v) is 6.22. The summed E-state index contributed by atoms with van der Waals surface area (Å²) in [4.78, 5) is 23.6. The van der Waals surface area contributed by atoms with Crippen LogP contribution in [0.2, 0.25) is 0 Å². The number of carbonyl (C=O) groups excluding carboxylic acids is 1. The van der Waals surface area contributed by atoms with Crippen LogP contribution in [0.4, 0.5) is 0 Å². The van der Waals surface area contributed by atoms with E-state index < -0.39 is 0 Å². The summed E-state index contributed by atoms with van der Waals surface area (Å²) >= 11 is 4.77. The predicted octanol–water partition coefficient (Wildman–Crippen LogP) is -0.365. The summed E-state index contributed by atoms with van der Waals surface area (Å²) in [5.74, 6) is -0.238. The molecule has 1 rings (SSSR count). The molecular weight excluding hydrogens is 266 g/mol. The predicted molar refractivity (Wildman–Crippen MR) is 76.1 cm³/mol. The molecule has 0 aromatic carbocycles. The zero-order valence-corrected chi connectivity index (χ0v) is 11.5. The van der Waals surface area contributed by atoms with Gasteiger partial charge in [-0.2, -0.15) is 0 Å². The molecule has 0 aliphatic heterocycles. The molecule has 0 atom stereocenters. The number of amides is 1. The van der Waals surface area contributed by atoms with Crippen LogP contribution in [-0.2, 0) is 16.1 Å². The van der Waals surface area contributed by atoms with Gasteiger partial charge in [0.15, 0.2) is 0 Å². The van der Waals surface area contributed by atoms with Crippen LogP contribution in [0.5, 0.6) is 0 Å². The van der Waals surface area contributed by atoms with Gasteiger partial charge in [0.1, 0.15) is 11.5 Å². The van der Waals surface area contributed by atoms with E-state index in [2.05, 4.69) is 5.32 Å². The number of nitrogens with two attached hydrogens (primary N) is 1. The van der Waals surface area contributed by atoms with Gasteiger partial charge in [-0.05, 0) is 18.6 Å². The number of nitrogens with zero attached hydrogens (tertiary/aromatic N) is 1. The summed E-state index contributed by atoms with van der Waals surface area (Å²) in [5, 5.41) is 2.70. The second-order valence-electron chi connectivity index (χ2n) is 3.92. The molecule has 0 unspecified atom stereocenters. The summed E-state index contributed by atoms with van der Waals surface area (Å²) in [5.41, 5.74) is 5.31. The minimum Gasteiger partial charge on any atom is -0.389 e. The molecule has 1 aromatic heterocycles. The first-order chi connectivity index (χ1) is 9.06. The van der Waals surface area contributed by atoms with E-state index in [-0.39, 0.29) is 28.6 Å². The highest BCUT2D eigenvalue weighted by molar-refractivity contribution is 7.80. The Bertz CT molecular complexity index is 513. The van der Waals surface area contributed by atoms with Gasteiger partial charge in [0, 0.05) is 26.5 Å². The monoisotopic (exact) mass is 283 g/mol. The van der Waals surface area contributed by atoms with Gasteiger partial charge in [-0.3, -0.25) is 9.59 Å². The average molecular weight is 283 g/mol. The number of rotatable bonds is 7. The van der Waals surface area contributed by atoms with E-state index in [9.17, 15) is 9.59 Å². The van der Waals surface area contributed by atoms with Gasteiger partial charge in [-0.15, -0.1) is 0 Å². The molecular formula is C12H17N3O3S. The highest BCUT2D eigenvalue weighted by Gasteiger charge is 2.08. The standard InChI is InChI=1S/C12H17N3O3S/c1-18-7-3-5-14-10(16)8-15-6-2-4-9(11(13)19)12(15)17/h2,4,6H,3,5,7-8H2,1H3,(H2,13,19)(H,14,16). The maximum Gasteiger partial charge on any atom is 0.261 e. The molecule has 0 aliphatic carbocycles. The maximum absolute atomic E-state index is 11.9. The lowest BCUT2D eigenvalue weighted by Crippen LogP contribution is -2.35. The molecule has 0 fully saturated rings. The zero-order valence-electron chi connectivity index (χ0n) is 10.7. The summed E-state index contributed by atoms with van der Waals surface area (Å²) in [6.07, 6.45) is 2.25.